The van der Waals surface area contributed by atoms with E-state index < -0.39 is 0 Å². The summed E-state index contributed by atoms with van der Waals surface area (Å²) in [4.78, 5) is 0. The minimum Gasteiger partial charge on any atom is -0.135 e. The Morgan fingerprint density at radius 3 is 1.64 bits per heavy atom. The number of hydrogen-bond donors (Lipinski definition) is 0. The van der Waals surface area contributed by atoms with Gasteiger partial charge in [-0.1, -0.05) is 172 Å². The Balaban J connectivity index is 0.00000125. The van der Waals surface area contributed by atoms with Crippen LogP contribution in [0.5, 0.6) is 0 Å². The molecule has 1 heteroatoms. The molecule has 0 N–H and O–H groups in total. The lowest BCUT2D eigenvalue weighted by Crippen LogP contribution is -2.14. The first-order valence-electron chi connectivity index (χ1n) is 19.6. The van der Waals surface area contributed by atoms with Crippen molar-refractivity contribution in [3.05, 3.63) is 193 Å². The van der Waals surface area contributed by atoms with Crippen molar-refractivity contribution in [1.82, 2.24) is 0 Å². The molecule has 11 aromatic rings. The summed E-state index contributed by atoms with van der Waals surface area (Å²) in [5.74, 6) is 0. The lowest BCUT2D eigenvalue weighted by Gasteiger charge is -2.22. The van der Waals surface area contributed by atoms with Crippen LogP contribution in [0, 0.1) is 0 Å². The van der Waals surface area contributed by atoms with Crippen LogP contribution in [0.2, 0.25) is 0 Å². The summed E-state index contributed by atoms with van der Waals surface area (Å²) in [6.07, 6.45) is 0. The van der Waals surface area contributed by atoms with Crippen molar-refractivity contribution in [3.8, 4) is 44.5 Å². The predicted molar refractivity (Wildman–Crippen MR) is 252 cm³/mol. The predicted octanol–water partition coefficient (Wildman–Crippen LogP) is 17.0. The Morgan fingerprint density at radius 2 is 0.929 bits per heavy atom. The molecule has 1 aliphatic rings. The fraction of sp³-hybridized carbons (Fsp3) is 0.0545. The van der Waals surface area contributed by atoms with Crippen molar-refractivity contribution in [1.29, 1.82) is 0 Å². The second-order valence-corrected chi connectivity index (χ2v) is 17.0. The van der Waals surface area contributed by atoms with E-state index in [2.05, 4.69) is 196 Å². The third kappa shape index (κ3) is 4.41. The van der Waals surface area contributed by atoms with E-state index in [1.165, 1.54) is 119 Å². The van der Waals surface area contributed by atoms with Gasteiger partial charge in [0.25, 0.3) is 0 Å². The fourth-order valence-electron chi connectivity index (χ4n) is 10.1. The lowest BCUT2D eigenvalue weighted by molar-refractivity contribution is 0.661. The maximum atomic E-state index is 2.51. The highest BCUT2D eigenvalue weighted by molar-refractivity contribution is 7.26. The molecule has 0 amide bonds. The molecule has 1 heterocycles. The summed E-state index contributed by atoms with van der Waals surface area (Å²) in [5.41, 5.74) is 13.1. The van der Waals surface area contributed by atoms with Gasteiger partial charge in [0, 0.05) is 31.3 Å². The highest BCUT2D eigenvalue weighted by atomic mass is 32.1. The van der Waals surface area contributed by atoms with Gasteiger partial charge in [-0.15, -0.1) is 11.3 Å². The van der Waals surface area contributed by atoms with Crippen LogP contribution in [-0.4, -0.2) is 0 Å². The molecule has 0 saturated heterocycles. The third-order valence-electron chi connectivity index (χ3n) is 12.7. The molecule has 1 aromatic heterocycles. The smallest absolute Gasteiger partial charge is 0.0362 e. The van der Waals surface area contributed by atoms with Crippen LogP contribution in [0.1, 0.15) is 30.7 Å². The monoisotopic (exact) mass is 736 g/mol. The van der Waals surface area contributed by atoms with Crippen molar-refractivity contribution < 1.29 is 5.71 Å². The van der Waals surface area contributed by atoms with Crippen LogP contribution in [0.15, 0.2) is 182 Å². The molecular weight excluding hydrogens is 693 g/mol. The molecule has 0 spiro atoms. The Bertz CT molecular complexity index is 3400. The van der Waals surface area contributed by atoms with Gasteiger partial charge in [0.15, 0.2) is 0 Å². The van der Waals surface area contributed by atoms with Gasteiger partial charge in [0.2, 0.25) is 0 Å². The first-order chi connectivity index (χ1) is 27.5. The van der Waals surface area contributed by atoms with Gasteiger partial charge in [0.05, 0.1) is 0 Å². The van der Waals surface area contributed by atoms with Crippen LogP contribution in [0.4, 0.5) is 0 Å². The summed E-state index contributed by atoms with van der Waals surface area (Å²) in [6.45, 7) is 4.80. The molecule has 0 aliphatic heterocycles. The van der Waals surface area contributed by atoms with Gasteiger partial charge < -0.3 is 0 Å². The molecule has 270 valence electrons. The topological polar surface area (TPSA) is 0 Å². The number of benzene rings is 10. The van der Waals surface area contributed by atoms with Gasteiger partial charge in [-0.2, -0.15) is 0 Å². The summed E-state index contributed by atoms with van der Waals surface area (Å²) >= 11 is 1.92. The first kappa shape index (κ1) is 31.8. The Labute approximate surface area is 335 Å². The largest absolute Gasteiger partial charge is 0.135 e. The normalized spacial score (nSPS) is 13.3. The van der Waals surface area contributed by atoms with Crippen molar-refractivity contribution in [2.45, 2.75) is 19.3 Å². The van der Waals surface area contributed by atoms with Crippen molar-refractivity contribution in [3.63, 3.8) is 0 Å². The summed E-state index contributed by atoms with van der Waals surface area (Å²) in [5, 5.41) is 13.1. The van der Waals surface area contributed by atoms with E-state index in [0.29, 0.717) is 0 Å². The SMILES string of the molecule is CC1(C)c2ccc(-c3ccc(-c4c5ccccc5c(-c5ccccc5)c5ccccc45)c4ccccc34)cc2-c2cc3sc4ccc5ccccc5c4c3cc21.[HH].[HH].[HH].[HH]. The van der Waals surface area contributed by atoms with E-state index in [0.717, 1.165) is 0 Å². The molecule has 0 nitrogen and oxygen atoms in total. The van der Waals surface area contributed by atoms with E-state index in [4.69, 9.17) is 0 Å². The Hall–Kier alpha value is -6.54. The summed E-state index contributed by atoms with van der Waals surface area (Å²) < 4.78 is 2.72. The Morgan fingerprint density at radius 1 is 0.357 bits per heavy atom. The highest BCUT2D eigenvalue weighted by Gasteiger charge is 2.36. The second kappa shape index (κ2) is 11.7. The average molecular weight is 737 g/mol. The second-order valence-electron chi connectivity index (χ2n) is 16.0. The molecular formula is C55H44S. The number of thiophene rings is 1. The van der Waals surface area contributed by atoms with Crippen molar-refractivity contribution in [2.75, 3.05) is 0 Å². The zero-order valence-corrected chi connectivity index (χ0v) is 32.0. The van der Waals surface area contributed by atoms with Gasteiger partial charge >= 0.3 is 0 Å². The maximum Gasteiger partial charge on any atom is 0.0362 e. The van der Waals surface area contributed by atoms with Crippen LogP contribution >= 0.6 is 11.3 Å². The molecule has 0 atom stereocenters. The number of fused-ring (bicyclic) bond motifs is 11. The minimum absolute atomic E-state index is 0. The van der Waals surface area contributed by atoms with E-state index >= 15 is 0 Å². The van der Waals surface area contributed by atoms with Crippen LogP contribution in [0.25, 0.3) is 108 Å². The minimum atomic E-state index is -0.101. The standard InChI is InChI=1S/C55H36S.4H2/c1-55(2)48-28-24-35(30-45(48)46-32-51-47(31-49(46)55)54-37-17-7-6-14-33(37)25-29-50(54)56-51)36-26-27-44(39-19-9-8-18-38(36)39)53-42-22-12-10-20-40(42)52(34-15-4-3-5-16-34)41-21-11-13-23-43(41)53;;;;/h3-32H,1-2H3;4*1H. The van der Waals surface area contributed by atoms with Crippen LogP contribution in [-0.2, 0) is 5.41 Å². The zero-order chi connectivity index (χ0) is 37.1. The molecule has 12 rings (SSSR count). The van der Waals surface area contributed by atoms with Gasteiger partial charge in [-0.05, 0) is 123 Å². The average Bonchev–Trinajstić information content (AvgIpc) is 3.73. The lowest BCUT2D eigenvalue weighted by atomic mass is 9.81. The molecule has 10 aromatic carbocycles. The molecule has 1 aliphatic carbocycles. The van der Waals surface area contributed by atoms with Crippen LogP contribution < -0.4 is 0 Å². The van der Waals surface area contributed by atoms with Gasteiger partial charge in [-0.3, -0.25) is 0 Å². The van der Waals surface area contributed by atoms with Crippen LogP contribution in [0.3, 0.4) is 0 Å². The van der Waals surface area contributed by atoms with Gasteiger partial charge in [-0.25, -0.2) is 0 Å². The van der Waals surface area contributed by atoms with E-state index in [1.54, 1.807) is 0 Å². The molecule has 0 fully saturated rings. The number of hydrogen-bond acceptors (Lipinski definition) is 1. The fourth-order valence-corrected chi connectivity index (χ4v) is 11.2. The summed E-state index contributed by atoms with van der Waals surface area (Å²) in [7, 11) is 0. The first-order valence-corrected chi connectivity index (χ1v) is 20.4. The van der Waals surface area contributed by atoms with E-state index in [9.17, 15) is 0 Å². The zero-order valence-electron chi connectivity index (χ0n) is 31.2. The van der Waals surface area contributed by atoms with E-state index in [-0.39, 0.29) is 11.1 Å². The maximum absolute atomic E-state index is 2.51. The van der Waals surface area contributed by atoms with Crippen molar-refractivity contribution in [2.24, 2.45) is 0 Å². The Kier molecular flexibility index (Phi) is 6.66. The van der Waals surface area contributed by atoms with E-state index in [1.807, 2.05) is 11.3 Å². The molecule has 0 saturated carbocycles. The molecule has 0 radical (unpaired) electrons. The quantitative estimate of drug-likeness (QED) is 0.158. The summed E-state index contributed by atoms with van der Waals surface area (Å²) in [6, 6.07) is 68.2. The molecule has 0 unspecified atom stereocenters. The van der Waals surface area contributed by atoms with Gasteiger partial charge in [0.1, 0.15) is 0 Å². The van der Waals surface area contributed by atoms with Crippen molar-refractivity contribution >= 4 is 74.6 Å². The third-order valence-corrected chi connectivity index (χ3v) is 13.8. The molecule has 56 heavy (non-hydrogen) atoms. The molecule has 0 bridgehead atoms. The number of rotatable bonds is 3. The highest BCUT2D eigenvalue weighted by Crippen LogP contribution is 2.54.